The lowest BCUT2D eigenvalue weighted by Crippen LogP contribution is -3.07. The van der Waals surface area contributed by atoms with E-state index in [1.165, 1.54) is 17.0 Å². The SMILES string of the molecule is C[C@H](c1nnc(-c2cccs2)o1)[NH+](C)Cc1ccc(F)cc1. The quantitative estimate of drug-likeness (QED) is 0.786. The lowest BCUT2D eigenvalue weighted by molar-refractivity contribution is -0.925. The Balaban J connectivity index is 1.70. The van der Waals surface area contributed by atoms with Crippen molar-refractivity contribution in [2.75, 3.05) is 7.05 Å². The Labute approximate surface area is 132 Å². The van der Waals surface area contributed by atoms with Crippen molar-refractivity contribution < 1.29 is 13.7 Å². The maximum Gasteiger partial charge on any atom is 0.274 e. The molecule has 22 heavy (non-hydrogen) atoms. The summed E-state index contributed by atoms with van der Waals surface area (Å²) < 4.78 is 18.7. The molecule has 1 N–H and O–H groups in total. The van der Waals surface area contributed by atoms with E-state index in [0.717, 1.165) is 17.0 Å². The minimum atomic E-state index is -0.216. The molecule has 3 aromatic rings. The third kappa shape index (κ3) is 3.23. The topological polar surface area (TPSA) is 43.4 Å². The summed E-state index contributed by atoms with van der Waals surface area (Å²) in [4.78, 5) is 2.18. The van der Waals surface area contributed by atoms with E-state index in [1.807, 2.05) is 24.4 Å². The minimum Gasteiger partial charge on any atom is -0.414 e. The van der Waals surface area contributed by atoms with E-state index in [1.54, 1.807) is 23.5 Å². The van der Waals surface area contributed by atoms with Gasteiger partial charge in [-0.1, -0.05) is 18.2 Å². The van der Waals surface area contributed by atoms with Crippen LogP contribution < -0.4 is 4.90 Å². The first kappa shape index (κ1) is 14.9. The molecule has 0 saturated heterocycles. The predicted octanol–water partition coefficient (Wildman–Crippen LogP) is 2.71. The number of quaternary nitrogens is 1. The van der Waals surface area contributed by atoms with E-state index < -0.39 is 0 Å². The number of nitrogens with one attached hydrogen (secondary N) is 1. The molecule has 0 aliphatic heterocycles. The van der Waals surface area contributed by atoms with Gasteiger partial charge in [0, 0.05) is 5.56 Å². The van der Waals surface area contributed by atoms with Gasteiger partial charge in [0.05, 0.1) is 11.9 Å². The molecule has 0 saturated carbocycles. The number of nitrogens with zero attached hydrogens (tertiary/aromatic N) is 2. The van der Waals surface area contributed by atoms with Crippen LogP contribution in [0.1, 0.15) is 24.4 Å². The average Bonchev–Trinajstić information content (AvgIpc) is 3.19. The first-order valence-corrected chi connectivity index (χ1v) is 7.95. The molecule has 0 aliphatic carbocycles. The van der Waals surface area contributed by atoms with Gasteiger partial charge in [0.2, 0.25) is 0 Å². The molecule has 1 aromatic carbocycles. The van der Waals surface area contributed by atoms with E-state index in [9.17, 15) is 4.39 Å². The zero-order valence-electron chi connectivity index (χ0n) is 12.4. The maximum absolute atomic E-state index is 12.9. The normalized spacial score (nSPS) is 14.0. The molecule has 0 amide bonds. The molecule has 4 nitrogen and oxygen atoms in total. The molecule has 0 radical (unpaired) electrons. The van der Waals surface area contributed by atoms with E-state index in [0.29, 0.717) is 11.8 Å². The number of hydrogen-bond acceptors (Lipinski definition) is 4. The summed E-state index contributed by atoms with van der Waals surface area (Å²) in [5.41, 5.74) is 1.07. The first-order chi connectivity index (χ1) is 10.6. The highest BCUT2D eigenvalue weighted by Gasteiger charge is 2.22. The van der Waals surface area contributed by atoms with Gasteiger partial charge in [0.1, 0.15) is 12.4 Å². The van der Waals surface area contributed by atoms with Crippen molar-refractivity contribution in [3.63, 3.8) is 0 Å². The molecule has 114 valence electrons. The van der Waals surface area contributed by atoms with Gasteiger partial charge in [0.25, 0.3) is 11.8 Å². The monoisotopic (exact) mass is 318 g/mol. The fourth-order valence-electron chi connectivity index (χ4n) is 2.20. The van der Waals surface area contributed by atoms with Crippen molar-refractivity contribution in [3.8, 4) is 10.8 Å². The van der Waals surface area contributed by atoms with Crippen molar-refractivity contribution in [2.24, 2.45) is 0 Å². The summed E-state index contributed by atoms with van der Waals surface area (Å²) in [5.74, 6) is 0.960. The van der Waals surface area contributed by atoms with Crippen molar-refractivity contribution in [1.82, 2.24) is 10.2 Å². The van der Waals surface area contributed by atoms with Crippen molar-refractivity contribution in [1.29, 1.82) is 0 Å². The largest absolute Gasteiger partial charge is 0.414 e. The summed E-state index contributed by atoms with van der Waals surface area (Å²) >= 11 is 1.57. The van der Waals surface area contributed by atoms with Gasteiger partial charge in [-0.2, -0.15) is 0 Å². The third-order valence-corrected chi connectivity index (χ3v) is 4.54. The average molecular weight is 318 g/mol. The highest BCUT2D eigenvalue weighted by atomic mass is 32.1. The number of rotatable bonds is 5. The second kappa shape index (κ2) is 6.37. The Hall–Kier alpha value is -2.05. The third-order valence-electron chi connectivity index (χ3n) is 3.68. The maximum atomic E-state index is 12.9. The molecule has 2 heterocycles. The van der Waals surface area contributed by atoms with Crippen LogP contribution in [0, 0.1) is 5.82 Å². The summed E-state index contributed by atoms with van der Waals surface area (Å²) in [7, 11) is 2.06. The Morgan fingerprint density at radius 1 is 1.23 bits per heavy atom. The van der Waals surface area contributed by atoms with Gasteiger partial charge in [-0.05, 0) is 30.5 Å². The number of hydrogen-bond donors (Lipinski definition) is 1. The van der Waals surface area contributed by atoms with Crippen molar-refractivity contribution in [2.45, 2.75) is 19.5 Å². The van der Waals surface area contributed by atoms with Crippen LogP contribution in [0.2, 0.25) is 0 Å². The standard InChI is InChI=1S/C16H16FN3OS/c1-11(20(2)10-12-5-7-13(17)8-6-12)15-18-19-16(21-15)14-4-3-9-22-14/h3-9,11H,10H2,1-2H3/p+1/t11-/m1/s1. The van der Waals surface area contributed by atoms with Crippen LogP contribution in [0.5, 0.6) is 0 Å². The van der Waals surface area contributed by atoms with Gasteiger partial charge >= 0.3 is 0 Å². The smallest absolute Gasteiger partial charge is 0.274 e. The van der Waals surface area contributed by atoms with Crippen LogP contribution in [0.25, 0.3) is 10.8 Å². The fourth-order valence-corrected chi connectivity index (χ4v) is 2.84. The van der Waals surface area contributed by atoms with Crippen molar-refractivity contribution >= 4 is 11.3 Å². The zero-order valence-corrected chi connectivity index (χ0v) is 13.2. The van der Waals surface area contributed by atoms with E-state index >= 15 is 0 Å². The second-order valence-electron chi connectivity index (χ2n) is 5.29. The molecule has 0 bridgehead atoms. The molecule has 0 fully saturated rings. The number of aromatic nitrogens is 2. The van der Waals surface area contributed by atoms with Crippen LogP contribution in [-0.4, -0.2) is 17.2 Å². The van der Waals surface area contributed by atoms with Gasteiger partial charge in [0.15, 0.2) is 6.04 Å². The first-order valence-electron chi connectivity index (χ1n) is 7.07. The number of halogens is 1. The summed E-state index contributed by atoms with van der Waals surface area (Å²) in [6.07, 6.45) is 0. The Bertz CT molecular complexity index is 724. The zero-order chi connectivity index (χ0) is 15.5. The molecule has 2 atom stereocenters. The summed E-state index contributed by atoms with van der Waals surface area (Å²) in [6.45, 7) is 2.81. The summed E-state index contributed by atoms with van der Waals surface area (Å²) in [5, 5.41) is 10.3. The molecule has 3 rings (SSSR count). The number of benzene rings is 1. The van der Waals surface area contributed by atoms with Crippen LogP contribution in [0.15, 0.2) is 46.2 Å². The van der Waals surface area contributed by atoms with Crippen molar-refractivity contribution in [3.05, 3.63) is 59.0 Å². The summed E-state index contributed by atoms with van der Waals surface area (Å²) in [6, 6.07) is 10.5. The molecular weight excluding hydrogens is 301 g/mol. The molecule has 0 aliphatic rings. The Kier molecular flexibility index (Phi) is 4.31. The molecule has 6 heteroatoms. The van der Waals surface area contributed by atoms with Gasteiger partial charge < -0.3 is 9.32 Å². The van der Waals surface area contributed by atoms with Gasteiger partial charge in [-0.25, -0.2) is 4.39 Å². The van der Waals surface area contributed by atoms with Gasteiger partial charge in [-0.3, -0.25) is 0 Å². The van der Waals surface area contributed by atoms with Crippen LogP contribution in [0.4, 0.5) is 4.39 Å². The van der Waals surface area contributed by atoms with Crippen LogP contribution in [0.3, 0.4) is 0 Å². The van der Waals surface area contributed by atoms with Crippen LogP contribution in [-0.2, 0) is 6.54 Å². The lowest BCUT2D eigenvalue weighted by atomic mass is 10.2. The lowest BCUT2D eigenvalue weighted by Gasteiger charge is -2.18. The molecule has 1 unspecified atom stereocenters. The predicted molar refractivity (Wildman–Crippen MR) is 83.0 cm³/mol. The number of thiophene rings is 1. The highest BCUT2D eigenvalue weighted by Crippen LogP contribution is 2.24. The van der Waals surface area contributed by atoms with E-state index in [-0.39, 0.29) is 11.9 Å². The second-order valence-corrected chi connectivity index (χ2v) is 6.24. The fraction of sp³-hybridized carbons (Fsp3) is 0.250. The van der Waals surface area contributed by atoms with E-state index in [2.05, 4.69) is 17.2 Å². The highest BCUT2D eigenvalue weighted by molar-refractivity contribution is 7.13. The van der Waals surface area contributed by atoms with Crippen LogP contribution >= 0.6 is 11.3 Å². The molecular formula is C16H17FN3OS+. The molecule has 0 spiro atoms. The van der Waals surface area contributed by atoms with E-state index in [4.69, 9.17) is 4.42 Å². The van der Waals surface area contributed by atoms with Gasteiger partial charge in [-0.15, -0.1) is 21.5 Å². The Morgan fingerprint density at radius 3 is 2.68 bits per heavy atom. The Morgan fingerprint density at radius 2 is 2.00 bits per heavy atom. The molecule has 2 aromatic heterocycles. The minimum absolute atomic E-state index is 0.0614.